The molecule has 1 unspecified atom stereocenters. The number of esters is 1. The lowest BCUT2D eigenvalue weighted by atomic mass is 10.1. The number of hydrogen-bond donors (Lipinski definition) is 0. The van der Waals surface area contributed by atoms with Gasteiger partial charge in [-0.1, -0.05) is 25.2 Å². The molecule has 0 saturated carbocycles. The van der Waals surface area contributed by atoms with E-state index in [1.54, 1.807) is 6.08 Å². The molecule has 0 rings (SSSR count). The highest BCUT2D eigenvalue weighted by Crippen LogP contribution is 1.98. The number of ether oxygens (including phenoxy) is 1. The fourth-order valence-corrected chi connectivity index (χ4v) is 0.666. The van der Waals surface area contributed by atoms with Crippen molar-refractivity contribution in [2.75, 3.05) is 7.11 Å². The second-order valence-corrected chi connectivity index (χ2v) is 2.27. The van der Waals surface area contributed by atoms with E-state index in [9.17, 15) is 4.79 Å². The summed E-state index contributed by atoms with van der Waals surface area (Å²) in [5, 5.41) is 0. The van der Waals surface area contributed by atoms with Crippen molar-refractivity contribution >= 4 is 5.97 Å². The SMILES string of the molecule is C/C=C\C(C)/C=C/C(=O)OC. The second-order valence-electron chi connectivity index (χ2n) is 2.27. The van der Waals surface area contributed by atoms with E-state index in [0.29, 0.717) is 5.92 Å². The normalized spacial score (nSPS) is 14.1. The van der Waals surface area contributed by atoms with Crippen LogP contribution in [-0.4, -0.2) is 13.1 Å². The van der Waals surface area contributed by atoms with Crippen molar-refractivity contribution in [3.05, 3.63) is 24.3 Å². The van der Waals surface area contributed by atoms with E-state index in [1.807, 2.05) is 26.0 Å². The molecule has 2 heteroatoms. The Morgan fingerprint density at radius 2 is 2.09 bits per heavy atom. The van der Waals surface area contributed by atoms with Gasteiger partial charge >= 0.3 is 5.97 Å². The van der Waals surface area contributed by atoms with Crippen LogP contribution in [0.25, 0.3) is 0 Å². The Bertz CT molecular complexity index is 168. The molecule has 1 atom stereocenters. The summed E-state index contributed by atoms with van der Waals surface area (Å²) in [4.78, 5) is 10.6. The molecular formula is C9H14O2. The van der Waals surface area contributed by atoms with Gasteiger partial charge in [0.1, 0.15) is 0 Å². The van der Waals surface area contributed by atoms with Gasteiger partial charge in [-0.05, 0) is 12.8 Å². The van der Waals surface area contributed by atoms with Crippen molar-refractivity contribution in [2.45, 2.75) is 13.8 Å². The number of rotatable bonds is 3. The zero-order valence-corrected chi connectivity index (χ0v) is 7.20. The summed E-state index contributed by atoms with van der Waals surface area (Å²) in [5.74, 6) is -0.0135. The summed E-state index contributed by atoms with van der Waals surface area (Å²) in [5.41, 5.74) is 0. The van der Waals surface area contributed by atoms with Crippen LogP contribution in [0.15, 0.2) is 24.3 Å². The van der Waals surface area contributed by atoms with Crippen LogP contribution in [0, 0.1) is 5.92 Å². The van der Waals surface area contributed by atoms with Crippen LogP contribution >= 0.6 is 0 Å². The molecule has 0 aromatic carbocycles. The number of methoxy groups -OCH3 is 1. The van der Waals surface area contributed by atoms with Crippen molar-refractivity contribution in [1.29, 1.82) is 0 Å². The molecule has 0 amide bonds. The zero-order chi connectivity index (χ0) is 8.69. The summed E-state index contributed by atoms with van der Waals surface area (Å²) >= 11 is 0. The molecule has 0 N–H and O–H groups in total. The van der Waals surface area contributed by atoms with Crippen LogP contribution in [-0.2, 0) is 9.53 Å². The maximum absolute atomic E-state index is 10.6. The maximum Gasteiger partial charge on any atom is 0.330 e. The quantitative estimate of drug-likeness (QED) is 0.352. The molecule has 0 radical (unpaired) electrons. The molecule has 0 saturated heterocycles. The molecule has 62 valence electrons. The summed E-state index contributed by atoms with van der Waals surface area (Å²) < 4.78 is 4.43. The van der Waals surface area contributed by atoms with E-state index < -0.39 is 0 Å². The van der Waals surface area contributed by atoms with Gasteiger partial charge in [0.25, 0.3) is 0 Å². The van der Waals surface area contributed by atoms with Crippen molar-refractivity contribution in [3.8, 4) is 0 Å². The van der Waals surface area contributed by atoms with Crippen LogP contribution < -0.4 is 0 Å². The third-order valence-electron chi connectivity index (χ3n) is 1.23. The van der Waals surface area contributed by atoms with Crippen LogP contribution in [0.5, 0.6) is 0 Å². The van der Waals surface area contributed by atoms with Crippen molar-refractivity contribution < 1.29 is 9.53 Å². The third kappa shape index (κ3) is 5.40. The Hall–Kier alpha value is -1.05. The Morgan fingerprint density at radius 3 is 2.55 bits per heavy atom. The molecule has 0 aromatic rings. The number of carbonyl (C=O) groups is 1. The minimum atomic E-state index is -0.304. The Kier molecular flexibility index (Phi) is 5.17. The Labute approximate surface area is 67.6 Å². The highest BCUT2D eigenvalue weighted by atomic mass is 16.5. The molecular weight excluding hydrogens is 140 g/mol. The van der Waals surface area contributed by atoms with Gasteiger partial charge in [0.05, 0.1) is 7.11 Å². The van der Waals surface area contributed by atoms with E-state index in [0.717, 1.165) is 0 Å². The van der Waals surface area contributed by atoms with Crippen molar-refractivity contribution in [1.82, 2.24) is 0 Å². The van der Waals surface area contributed by atoms with Crippen LogP contribution in [0.4, 0.5) is 0 Å². The Balaban J connectivity index is 3.82. The molecule has 0 aromatic heterocycles. The van der Waals surface area contributed by atoms with Gasteiger partial charge < -0.3 is 4.74 Å². The average molecular weight is 154 g/mol. The largest absolute Gasteiger partial charge is 0.466 e. The summed E-state index contributed by atoms with van der Waals surface area (Å²) in [6.07, 6.45) is 7.18. The first-order valence-electron chi connectivity index (χ1n) is 3.59. The predicted molar refractivity (Wildman–Crippen MR) is 45.1 cm³/mol. The second kappa shape index (κ2) is 5.71. The molecule has 0 fully saturated rings. The van der Waals surface area contributed by atoms with Crippen molar-refractivity contribution in [3.63, 3.8) is 0 Å². The Morgan fingerprint density at radius 1 is 1.45 bits per heavy atom. The number of carbonyl (C=O) groups excluding carboxylic acids is 1. The lowest BCUT2D eigenvalue weighted by Crippen LogP contribution is -1.95. The molecule has 11 heavy (non-hydrogen) atoms. The van der Waals surface area contributed by atoms with Gasteiger partial charge in [-0.25, -0.2) is 4.79 Å². The first kappa shape index (κ1) is 9.95. The van der Waals surface area contributed by atoms with E-state index in [-0.39, 0.29) is 5.97 Å². The first-order valence-corrected chi connectivity index (χ1v) is 3.59. The molecule has 0 aliphatic rings. The van der Waals surface area contributed by atoms with Gasteiger partial charge in [-0.15, -0.1) is 0 Å². The van der Waals surface area contributed by atoms with Crippen LogP contribution in [0.3, 0.4) is 0 Å². The van der Waals surface area contributed by atoms with Gasteiger partial charge in [-0.3, -0.25) is 0 Å². The summed E-state index contributed by atoms with van der Waals surface area (Å²) in [6.45, 7) is 3.95. The topological polar surface area (TPSA) is 26.3 Å². The minimum Gasteiger partial charge on any atom is -0.466 e. The monoisotopic (exact) mass is 154 g/mol. The molecule has 0 aliphatic heterocycles. The number of hydrogen-bond acceptors (Lipinski definition) is 2. The molecule has 2 nitrogen and oxygen atoms in total. The van der Waals surface area contributed by atoms with Crippen molar-refractivity contribution in [2.24, 2.45) is 5.92 Å². The maximum atomic E-state index is 10.6. The van der Waals surface area contributed by atoms with Gasteiger partial charge in [0.15, 0.2) is 0 Å². The van der Waals surface area contributed by atoms with Crippen LogP contribution in [0.2, 0.25) is 0 Å². The standard InChI is InChI=1S/C9H14O2/c1-4-5-8(2)6-7-9(10)11-3/h4-8H,1-3H3/b5-4-,7-6+. The van der Waals surface area contributed by atoms with E-state index in [2.05, 4.69) is 4.74 Å². The highest BCUT2D eigenvalue weighted by Gasteiger charge is 1.92. The van der Waals surface area contributed by atoms with E-state index >= 15 is 0 Å². The summed E-state index contributed by atoms with van der Waals surface area (Å²) in [7, 11) is 1.37. The smallest absolute Gasteiger partial charge is 0.330 e. The zero-order valence-electron chi connectivity index (χ0n) is 7.20. The molecule has 0 heterocycles. The number of allylic oxidation sites excluding steroid dienone is 3. The van der Waals surface area contributed by atoms with E-state index in [1.165, 1.54) is 13.2 Å². The lowest BCUT2D eigenvalue weighted by molar-refractivity contribution is -0.134. The fraction of sp³-hybridized carbons (Fsp3) is 0.444. The minimum absolute atomic E-state index is 0.291. The van der Waals surface area contributed by atoms with Crippen LogP contribution in [0.1, 0.15) is 13.8 Å². The van der Waals surface area contributed by atoms with Gasteiger partial charge in [0.2, 0.25) is 0 Å². The van der Waals surface area contributed by atoms with E-state index in [4.69, 9.17) is 0 Å². The average Bonchev–Trinajstić information content (AvgIpc) is 2.01. The highest BCUT2D eigenvalue weighted by molar-refractivity contribution is 5.81. The molecule has 0 aliphatic carbocycles. The van der Waals surface area contributed by atoms with Gasteiger partial charge in [0, 0.05) is 6.08 Å². The molecule has 0 spiro atoms. The van der Waals surface area contributed by atoms with Gasteiger partial charge in [-0.2, -0.15) is 0 Å². The third-order valence-corrected chi connectivity index (χ3v) is 1.23. The predicted octanol–water partition coefficient (Wildman–Crippen LogP) is 1.93. The first-order chi connectivity index (χ1) is 5.20. The lowest BCUT2D eigenvalue weighted by Gasteiger charge is -1.95. The summed E-state index contributed by atoms with van der Waals surface area (Å²) in [6, 6.07) is 0. The fourth-order valence-electron chi connectivity index (χ4n) is 0.666. The molecule has 0 bridgehead atoms.